The van der Waals surface area contributed by atoms with Gasteiger partial charge in [-0.25, -0.2) is 0 Å². The molecule has 1 fully saturated rings. The minimum atomic E-state index is -0.902. The number of carbonyl (C=O) groups excluding carboxylic acids is 1. The maximum atomic E-state index is 10.8. The summed E-state index contributed by atoms with van der Waals surface area (Å²) in [5.74, 6) is 0. The van der Waals surface area contributed by atoms with Crippen LogP contribution in [0.3, 0.4) is 0 Å². The Kier molecular flexibility index (Phi) is 1.95. The first-order valence-electron chi connectivity index (χ1n) is 3.04. The lowest BCUT2D eigenvalue weighted by molar-refractivity contribution is -0.116. The van der Waals surface area contributed by atoms with Crippen LogP contribution in [0.1, 0.15) is 19.8 Å². The quantitative estimate of drug-likeness (QED) is 0.496. The fourth-order valence-electron chi connectivity index (χ4n) is 1.07. The van der Waals surface area contributed by atoms with Crippen molar-refractivity contribution in [2.75, 3.05) is 0 Å². The minimum Gasteiger partial charge on any atom is -0.281 e. The van der Waals surface area contributed by atoms with Crippen LogP contribution in [-0.2, 0) is 4.79 Å². The highest BCUT2D eigenvalue weighted by molar-refractivity contribution is 6.68. The zero-order chi connectivity index (χ0) is 7.99. The minimum absolute atomic E-state index is 0.417. The van der Waals surface area contributed by atoms with Gasteiger partial charge in [0.1, 0.15) is 4.33 Å². The van der Waals surface area contributed by atoms with E-state index in [1.54, 1.807) is 0 Å². The number of rotatable bonds is 2. The van der Waals surface area contributed by atoms with Crippen LogP contribution in [0.2, 0.25) is 0 Å². The topological polar surface area (TPSA) is 17.1 Å². The predicted octanol–water partition coefficient (Wildman–Crippen LogP) is 2.73. The van der Waals surface area contributed by atoms with Crippen molar-refractivity contribution < 1.29 is 4.79 Å². The number of carbonyl (C=O) groups is 1. The summed E-state index contributed by atoms with van der Waals surface area (Å²) in [4.78, 5) is 10.8. The second kappa shape index (κ2) is 2.26. The molecule has 0 N–H and O–H groups in total. The molecule has 0 aromatic carbocycles. The molecule has 1 saturated carbocycles. The van der Waals surface area contributed by atoms with Crippen LogP contribution >= 0.6 is 34.8 Å². The maximum Gasteiger partial charge on any atom is 0.230 e. The molecule has 0 saturated heterocycles. The van der Waals surface area contributed by atoms with Gasteiger partial charge in [0.05, 0.1) is 5.41 Å². The van der Waals surface area contributed by atoms with Gasteiger partial charge in [-0.1, -0.05) is 6.92 Å². The molecule has 10 heavy (non-hydrogen) atoms. The van der Waals surface area contributed by atoms with Gasteiger partial charge in [0.2, 0.25) is 5.24 Å². The smallest absolute Gasteiger partial charge is 0.230 e. The third kappa shape index (κ3) is 0.956. The maximum absolute atomic E-state index is 10.8. The van der Waals surface area contributed by atoms with Crippen LogP contribution in [0.5, 0.6) is 0 Å². The van der Waals surface area contributed by atoms with Crippen molar-refractivity contribution in [1.82, 2.24) is 0 Å². The summed E-state index contributed by atoms with van der Waals surface area (Å²) in [6.07, 6.45) is 1.10. The van der Waals surface area contributed by atoms with E-state index < -0.39 is 15.0 Å². The molecule has 1 rings (SSSR count). The monoisotopic (exact) mass is 200 g/mol. The van der Waals surface area contributed by atoms with E-state index in [1.165, 1.54) is 0 Å². The summed E-state index contributed by atoms with van der Waals surface area (Å²) in [7, 11) is 0. The Bertz CT molecular complexity index is 178. The Hall–Kier alpha value is 0.540. The molecule has 0 radical (unpaired) electrons. The third-order valence-corrected chi connectivity index (χ3v) is 3.43. The Balaban J connectivity index is 2.78. The molecule has 1 aliphatic rings. The highest BCUT2D eigenvalue weighted by atomic mass is 35.5. The molecule has 1 nitrogen and oxygen atoms in total. The molecular weight excluding hydrogens is 194 g/mol. The first-order valence-corrected chi connectivity index (χ1v) is 4.17. The summed E-state index contributed by atoms with van der Waals surface area (Å²) in [6, 6.07) is 0. The molecule has 0 aromatic rings. The van der Waals surface area contributed by atoms with Crippen molar-refractivity contribution in [2.45, 2.75) is 24.1 Å². The number of alkyl halides is 2. The lowest BCUT2D eigenvalue weighted by atomic mass is 10.1. The fraction of sp³-hybridized carbons (Fsp3) is 0.833. The molecule has 0 spiro atoms. The second-order valence-corrected chi connectivity index (χ2v) is 4.42. The number of halogens is 3. The first-order chi connectivity index (χ1) is 4.46. The highest BCUT2D eigenvalue weighted by Crippen LogP contribution is 2.66. The van der Waals surface area contributed by atoms with Gasteiger partial charge >= 0.3 is 0 Å². The van der Waals surface area contributed by atoms with E-state index in [9.17, 15) is 4.79 Å². The second-order valence-electron chi connectivity index (χ2n) is 2.59. The van der Waals surface area contributed by atoms with Crippen LogP contribution in [0.15, 0.2) is 0 Å². The van der Waals surface area contributed by atoms with Gasteiger partial charge in [0.25, 0.3) is 0 Å². The third-order valence-electron chi connectivity index (χ3n) is 2.08. The van der Waals surface area contributed by atoms with Crippen molar-refractivity contribution >= 4 is 40.0 Å². The summed E-state index contributed by atoms with van der Waals surface area (Å²) in [5.41, 5.74) is -0.655. The van der Waals surface area contributed by atoms with E-state index in [4.69, 9.17) is 34.8 Å². The number of hydrogen-bond acceptors (Lipinski definition) is 1. The largest absolute Gasteiger partial charge is 0.281 e. The average molecular weight is 201 g/mol. The Morgan fingerprint density at radius 3 is 2.00 bits per heavy atom. The zero-order valence-electron chi connectivity index (χ0n) is 5.46. The van der Waals surface area contributed by atoms with Gasteiger partial charge in [-0.2, -0.15) is 0 Å². The van der Waals surface area contributed by atoms with E-state index in [-0.39, 0.29) is 0 Å². The van der Waals surface area contributed by atoms with Gasteiger partial charge in [-0.15, -0.1) is 23.2 Å². The summed E-state index contributed by atoms with van der Waals surface area (Å²) in [6.45, 7) is 1.85. The lowest BCUT2D eigenvalue weighted by Gasteiger charge is -2.08. The van der Waals surface area contributed by atoms with Gasteiger partial charge in [0.15, 0.2) is 0 Å². The standard InChI is InChI=1S/C6H7Cl3O/c1-2-5(4(7)10)3-6(5,8)9/h2-3H2,1H3/t5-/m1/s1. The normalized spacial score (nSPS) is 35.6. The molecule has 58 valence electrons. The molecule has 4 heteroatoms. The predicted molar refractivity (Wildman–Crippen MR) is 42.6 cm³/mol. The van der Waals surface area contributed by atoms with Crippen molar-refractivity contribution in [3.05, 3.63) is 0 Å². The molecule has 0 bridgehead atoms. The van der Waals surface area contributed by atoms with E-state index >= 15 is 0 Å². The highest BCUT2D eigenvalue weighted by Gasteiger charge is 2.69. The van der Waals surface area contributed by atoms with E-state index in [0.29, 0.717) is 12.8 Å². The summed E-state index contributed by atoms with van der Waals surface area (Å²) in [5, 5.41) is -0.417. The van der Waals surface area contributed by atoms with Crippen molar-refractivity contribution in [2.24, 2.45) is 5.41 Å². The molecular formula is C6H7Cl3O. The molecule has 0 heterocycles. The Morgan fingerprint density at radius 2 is 2.00 bits per heavy atom. The molecule has 0 aromatic heterocycles. The SMILES string of the molecule is CC[C@]1(C(=O)Cl)CC1(Cl)Cl. The van der Waals surface area contributed by atoms with Crippen LogP contribution in [0.25, 0.3) is 0 Å². The van der Waals surface area contributed by atoms with Gasteiger partial charge < -0.3 is 0 Å². The van der Waals surface area contributed by atoms with Gasteiger partial charge in [-0.3, -0.25) is 4.79 Å². The molecule has 1 atom stereocenters. The van der Waals surface area contributed by atoms with Gasteiger partial charge in [0, 0.05) is 0 Å². The van der Waals surface area contributed by atoms with Crippen LogP contribution in [-0.4, -0.2) is 9.58 Å². The first kappa shape index (κ1) is 8.63. The molecule has 1 aliphatic carbocycles. The van der Waals surface area contributed by atoms with Gasteiger partial charge in [-0.05, 0) is 24.4 Å². The average Bonchev–Trinajstić information content (AvgIpc) is 2.35. The Morgan fingerprint density at radius 1 is 1.60 bits per heavy atom. The van der Waals surface area contributed by atoms with E-state index in [0.717, 1.165) is 0 Å². The Labute approximate surface area is 74.6 Å². The molecule has 0 aliphatic heterocycles. The number of hydrogen-bond donors (Lipinski definition) is 0. The van der Waals surface area contributed by atoms with E-state index in [1.807, 2.05) is 6.92 Å². The zero-order valence-corrected chi connectivity index (χ0v) is 7.72. The van der Waals surface area contributed by atoms with Crippen molar-refractivity contribution in [3.8, 4) is 0 Å². The fourth-order valence-corrected chi connectivity index (χ4v) is 2.42. The van der Waals surface area contributed by atoms with Crippen LogP contribution in [0.4, 0.5) is 0 Å². The summed E-state index contributed by atoms with van der Waals surface area (Å²) < 4.78 is -0.902. The lowest BCUT2D eigenvalue weighted by Crippen LogP contribution is -2.15. The molecule has 0 amide bonds. The van der Waals surface area contributed by atoms with Crippen molar-refractivity contribution in [1.29, 1.82) is 0 Å². The van der Waals surface area contributed by atoms with Crippen LogP contribution < -0.4 is 0 Å². The van der Waals surface area contributed by atoms with Crippen LogP contribution in [0, 0.1) is 5.41 Å². The van der Waals surface area contributed by atoms with E-state index in [2.05, 4.69) is 0 Å². The van der Waals surface area contributed by atoms with Crippen molar-refractivity contribution in [3.63, 3.8) is 0 Å². The summed E-state index contributed by atoms with van der Waals surface area (Å²) >= 11 is 16.7. The molecule has 0 unspecified atom stereocenters.